The number of furan rings is 1. The van der Waals surface area contributed by atoms with E-state index in [9.17, 15) is 9.18 Å². The number of halogens is 1. The van der Waals surface area contributed by atoms with Gasteiger partial charge in [0.1, 0.15) is 17.6 Å². The molecular formula is C16H17FN2O2. The van der Waals surface area contributed by atoms with Crippen LogP contribution in [-0.4, -0.2) is 11.9 Å². The Hall–Kier alpha value is -2.14. The third-order valence-corrected chi connectivity index (χ3v) is 3.70. The quantitative estimate of drug-likeness (QED) is 0.889. The number of rotatable bonds is 5. The van der Waals surface area contributed by atoms with Crippen LogP contribution in [0.1, 0.15) is 30.7 Å². The minimum atomic E-state index is -0.498. The molecule has 1 aromatic carbocycles. The first kappa shape index (κ1) is 13.8. The Morgan fingerprint density at radius 3 is 3.05 bits per heavy atom. The van der Waals surface area contributed by atoms with Gasteiger partial charge >= 0.3 is 0 Å². The molecule has 1 aromatic heterocycles. The van der Waals surface area contributed by atoms with Crippen molar-refractivity contribution in [1.82, 2.24) is 5.32 Å². The van der Waals surface area contributed by atoms with Crippen molar-refractivity contribution in [3.8, 4) is 0 Å². The lowest BCUT2D eigenvalue weighted by atomic mass is 10.1. The van der Waals surface area contributed by atoms with Crippen LogP contribution in [0.3, 0.4) is 0 Å². The van der Waals surface area contributed by atoms with E-state index in [-0.39, 0.29) is 17.8 Å². The summed E-state index contributed by atoms with van der Waals surface area (Å²) in [7, 11) is 0. The summed E-state index contributed by atoms with van der Waals surface area (Å²) in [5.74, 6) is 0.451. The molecule has 0 spiro atoms. The Morgan fingerprint density at radius 1 is 1.43 bits per heavy atom. The summed E-state index contributed by atoms with van der Waals surface area (Å²) in [4.78, 5) is 12.0. The van der Waals surface area contributed by atoms with Gasteiger partial charge in [-0.25, -0.2) is 4.39 Å². The molecule has 0 saturated carbocycles. The largest absolute Gasteiger partial charge is 0.469 e. The first-order chi connectivity index (χ1) is 10.1. The van der Waals surface area contributed by atoms with Gasteiger partial charge < -0.3 is 9.73 Å². The minimum absolute atomic E-state index is 0.111. The summed E-state index contributed by atoms with van der Waals surface area (Å²) >= 11 is 0. The number of aryl methyl sites for hydroxylation is 1. The van der Waals surface area contributed by atoms with Gasteiger partial charge in [0.05, 0.1) is 6.26 Å². The van der Waals surface area contributed by atoms with Crippen LogP contribution in [0.4, 0.5) is 10.1 Å². The van der Waals surface area contributed by atoms with Crippen molar-refractivity contribution in [2.75, 3.05) is 5.32 Å². The molecule has 1 amide bonds. The highest BCUT2D eigenvalue weighted by Crippen LogP contribution is 2.31. The van der Waals surface area contributed by atoms with Gasteiger partial charge in [-0.05, 0) is 43.7 Å². The molecule has 1 aliphatic rings. The van der Waals surface area contributed by atoms with E-state index in [2.05, 4.69) is 10.6 Å². The van der Waals surface area contributed by atoms with E-state index in [1.165, 1.54) is 12.1 Å². The maximum atomic E-state index is 13.4. The predicted molar refractivity (Wildman–Crippen MR) is 77.4 cm³/mol. The number of hydrogen-bond donors (Lipinski definition) is 2. The van der Waals surface area contributed by atoms with Crippen LogP contribution in [-0.2, 0) is 11.2 Å². The molecule has 0 saturated heterocycles. The van der Waals surface area contributed by atoms with E-state index in [0.29, 0.717) is 11.3 Å². The normalized spacial score (nSPS) is 18.4. The summed E-state index contributed by atoms with van der Waals surface area (Å²) in [6, 6.07) is 7.75. The number of fused-ring (bicyclic) bond motifs is 1. The van der Waals surface area contributed by atoms with E-state index < -0.39 is 6.04 Å². The molecule has 21 heavy (non-hydrogen) atoms. The fourth-order valence-electron chi connectivity index (χ4n) is 2.58. The van der Waals surface area contributed by atoms with Crippen molar-refractivity contribution in [3.05, 3.63) is 53.7 Å². The zero-order valence-corrected chi connectivity index (χ0v) is 11.7. The first-order valence-electron chi connectivity index (χ1n) is 7.02. The van der Waals surface area contributed by atoms with Gasteiger partial charge in [0, 0.05) is 23.7 Å². The van der Waals surface area contributed by atoms with Crippen LogP contribution < -0.4 is 10.6 Å². The van der Waals surface area contributed by atoms with Gasteiger partial charge in [0.25, 0.3) is 0 Å². The van der Waals surface area contributed by atoms with Crippen molar-refractivity contribution in [2.24, 2.45) is 0 Å². The van der Waals surface area contributed by atoms with Crippen LogP contribution in [0, 0.1) is 5.82 Å². The van der Waals surface area contributed by atoms with E-state index in [0.717, 1.165) is 18.6 Å². The zero-order chi connectivity index (χ0) is 14.8. The van der Waals surface area contributed by atoms with Gasteiger partial charge in [-0.2, -0.15) is 0 Å². The molecule has 0 fully saturated rings. The molecule has 2 atom stereocenters. The standard InChI is InChI=1S/C16H17FN2O2/c1-10(4-6-12-3-2-8-21-12)18-15-13-9-11(17)5-7-14(13)19-16(15)20/h2-3,5,7-10,15,18H,4,6H2,1H3,(H,19,20). The number of amides is 1. The highest BCUT2D eigenvalue weighted by Gasteiger charge is 2.31. The second-order valence-corrected chi connectivity index (χ2v) is 5.34. The Labute approximate surface area is 122 Å². The second kappa shape index (κ2) is 5.69. The van der Waals surface area contributed by atoms with E-state index >= 15 is 0 Å². The molecule has 3 rings (SSSR count). The van der Waals surface area contributed by atoms with Crippen molar-refractivity contribution < 1.29 is 13.6 Å². The Kier molecular flexibility index (Phi) is 3.75. The summed E-state index contributed by atoms with van der Waals surface area (Å²) in [5.41, 5.74) is 1.35. The van der Waals surface area contributed by atoms with Crippen LogP contribution in [0.25, 0.3) is 0 Å². The molecular weight excluding hydrogens is 271 g/mol. The van der Waals surface area contributed by atoms with Gasteiger partial charge in [-0.1, -0.05) is 0 Å². The fourth-order valence-corrected chi connectivity index (χ4v) is 2.58. The van der Waals surface area contributed by atoms with Crippen molar-refractivity contribution >= 4 is 11.6 Å². The topological polar surface area (TPSA) is 54.3 Å². The number of carbonyl (C=O) groups is 1. The van der Waals surface area contributed by atoms with Gasteiger partial charge in [0.2, 0.25) is 5.91 Å². The minimum Gasteiger partial charge on any atom is -0.469 e. The third-order valence-electron chi connectivity index (χ3n) is 3.70. The summed E-state index contributed by atoms with van der Waals surface area (Å²) < 4.78 is 18.6. The third kappa shape index (κ3) is 2.97. The van der Waals surface area contributed by atoms with Gasteiger partial charge in [-0.3, -0.25) is 10.1 Å². The van der Waals surface area contributed by atoms with Crippen molar-refractivity contribution in [3.63, 3.8) is 0 Å². The maximum Gasteiger partial charge on any atom is 0.246 e. The van der Waals surface area contributed by atoms with E-state index in [1.807, 2.05) is 19.1 Å². The zero-order valence-electron chi connectivity index (χ0n) is 11.7. The SMILES string of the molecule is CC(CCc1ccco1)NC1C(=O)Nc2ccc(F)cc21. The van der Waals surface area contributed by atoms with Crippen molar-refractivity contribution in [1.29, 1.82) is 0 Å². The summed E-state index contributed by atoms with van der Waals surface area (Å²) in [6.45, 7) is 2.01. The number of carbonyl (C=O) groups excluding carboxylic acids is 1. The number of benzene rings is 1. The Balaban J connectivity index is 1.65. The van der Waals surface area contributed by atoms with Crippen molar-refractivity contribution in [2.45, 2.75) is 31.8 Å². The molecule has 4 nitrogen and oxygen atoms in total. The van der Waals surface area contributed by atoms with Crippen LogP contribution in [0.2, 0.25) is 0 Å². The number of anilines is 1. The maximum absolute atomic E-state index is 13.4. The molecule has 1 aliphatic heterocycles. The lowest BCUT2D eigenvalue weighted by Crippen LogP contribution is -2.34. The summed E-state index contributed by atoms with van der Waals surface area (Å²) in [5, 5.41) is 6.02. The Bertz CT molecular complexity index is 640. The average molecular weight is 288 g/mol. The molecule has 0 radical (unpaired) electrons. The van der Waals surface area contributed by atoms with Gasteiger partial charge in [-0.15, -0.1) is 0 Å². The molecule has 0 bridgehead atoms. The fraction of sp³-hybridized carbons (Fsp3) is 0.312. The van der Waals surface area contributed by atoms with E-state index in [4.69, 9.17) is 4.42 Å². The molecule has 2 aromatic rings. The summed E-state index contributed by atoms with van der Waals surface area (Å²) in [6.07, 6.45) is 3.28. The second-order valence-electron chi connectivity index (χ2n) is 5.34. The molecule has 0 aliphatic carbocycles. The lowest BCUT2D eigenvalue weighted by Gasteiger charge is -2.18. The monoisotopic (exact) mass is 288 g/mol. The average Bonchev–Trinajstić information content (AvgIpc) is 3.06. The Morgan fingerprint density at radius 2 is 2.29 bits per heavy atom. The molecule has 2 unspecified atom stereocenters. The molecule has 5 heteroatoms. The smallest absolute Gasteiger partial charge is 0.246 e. The predicted octanol–water partition coefficient (Wildman–Crippen LogP) is 3.02. The lowest BCUT2D eigenvalue weighted by molar-refractivity contribution is -0.117. The van der Waals surface area contributed by atoms with Gasteiger partial charge in [0.15, 0.2) is 0 Å². The van der Waals surface area contributed by atoms with Crippen LogP contribution in [0.15, 0.2) is 41.0 Å². The molecule has 110 valence electrons. The highest BCUT2D eigenvalue weighted by atomic mass is 19.1. The highest BCUT2D eigenvalue weighted by molar-refractivity contribution is 6.02. The number of hydrogen-bond acceptors (Lipinski definition) is 3. The first-order valence-corrected chi connectivity index (χ1v) is 7.02. The molecule has 2 N–H and O–H groups in total. The number of nitrogens with one attached hydrogen (secondary N) is 2. The van der Waals surface area contributed by atoms with E-state index in [1.54, 1.807) is 12.3 Å². The van der Waals surface area contributed by atoms with Crippen LogP contribution >= 0.6 is 0 Å². The van der Waals surface area contributed by atoms with Crippen LogP contribution in [0.5, 0.6) is 0 Å². The molecule has 2 heterocycles.